The van der Waals surface area contributed by atoms with Gasteiger partial charge in [0.25, 0.3) is 0 Å². The van der Waals surface area contributed by atoms with Gasteiger partial charge in [-0.05, 0) is 45.0 Å². The van der Waals surface area contributed by atoms with Gasteiger partial charge in [-0.3, -0.25) is 0 Å². The molecule has 2 unspecified atom stereocenters. The predicted octanol–water partition coefficient (Wildman–Crippen LogP) is 1.77. The van der Waals surface area contributed by atoms with E-state index in [1.807, 2.05) is 33.0 Å². The Morgan fingerprint density at radius 1 is 1.33 bits per heavy atom. The van der Waals surface area contributed by atoms with E-state index in [-0.39, 0.29) is 12.1 Å². The van der Waals surface area contributed by atoms with Crippen molar-refractivity contribution < 1.29 is 13.2 Å². The first kappa shape index (κ1) is 16.4. The zero-order valence-electron chi connectivity index (χ0n) is 12.9. The van der Waals surface area contributed by atoms with Gasteiger partial charge in [0.15, 0.2) is 0 Å². The molecule has 0 aliphatic carbocycles. The van der Waals surface area contributed by atoms with Crippen molar-refractivity contribution in [1.82, 2.24) is 9.62 Å². The van der Waals surface area contributed by atoms with Crippen molar-refractivity contribution in [1.29, 1.82) is 0 Å². The van der Waals surface area contributed by atoms with Gasteiger partial charge in [-0.1, -0.05) is 12.1 Å². The highest BCUT2D eigenvalue weighted by atomic mass is 32.2. The number of benzene rings is 1. The van der Waals surface area contributed by atoms with Crippen LogP contribution in [0.4, 0.5) is 0 Å². The molecule has 21 heavy (non-hydrogen) atoms. The van der Waals surface area contributed by atoms with E-state index in [2.05, 4.69) is 5.32 Å². The first-order chi connectivity index (χ1) is 9.95. The van der Waals surface area contributed by atoms with Crippen molar-refractivity contribution >= 4 is 10.0 Å². The van der Waals surface area contributed by atoms with Crippen LogP contribution < -0.4 is 5.32 Å². The van der Waals surface area contributed by atoms with Crippen LogP contribution in [0, 0.1) is 0 Å². The zero-order valence-corrected chi connectivity index (χ0v) is 13.7. The lowest BCUT2D eigenvalue weighted by molar-refractivity contribution is 0.0752. The summed E-state index contributed by atoms with van der Waals surface area (Å²) >= 11 is 0. The topological polar surface area (TPSA) is 58.6 Å². The van der Waals surface area contributed by atoms with Crippen molar-refractivity contribution in [2.45, 2.75) is 37.3 Å². The molecule has 0 bridgehead atoms. The molecule has 1 aliphatic rings. The fraction of sp³-hybridized carbons (Fsp3) is 0.600. The van der Waals surface area contributed by atoms with E-state index in [4.69, 9.17) is 4.74 Å². The van der Waals surface area contributed by atoms with Crippen LogP contribution in [0.3, 0.4) is 0 Å². The van der Waals surface area contributed by atoms with Crippen molar-refractivity contribution in [2.24, 2.45) is 0 Å². The number of hydrogen-bond donors (Lipinski definition) is 1. The molecule has 2 atom stereocenters. The third-order valence-electron chi connectivity index (χ3n) is 3.87. The first-order valence-corrected chi connectivity index (χ1v) is 8.78. The van der Waals surface area contributed by atoms with Gasteiger partial charge in [-0.15, -0.1) is 0 Å². The van der Waals surface area contributed by atoms with Crippen LogP contribution in [0.2, 0.25) is 0 Å². The Bertz CT molecular complexity index is 557. The third kappa shape index (κ3) is 3.83. The van der Waals surface area contributed by atoms with E-state index in [1.165, 1.54) is 4.31 Å². The summed E-state index contributed by atoms with van der Waals surface area (Å²) in [5, 5.41) is 3.14. The monoisotopic (exact) mass is 312 g/mol. The maximum absolute atomic E-state index is 12.7. The Morgan fingerprint density at radius 3 is 2.62 bits per heavy atom. The van der Waals surface area contributed by atoms with Gasteiger partial charge in [0.05, 0.1) is 11.0 Å². The lowest BCUT2D eigenvalue weighted by atomic mass is 10.1. The van der Waals surface area contributed by atoms with Crippen LogP contribution in [-0.2, 0) is 14.8 Å². The van der Waals surface area contributed by atoms with Crippen molar-refractivity contribution in [3.05, 3.63) is 29.8 Å². The Kier molecular flexibility index (Phi) is 5.37. The normalized spacial score (nSPS) is 22.7. The number of nitrogens with one attached hydrogen (secondary N) is 1. The average Bonchev–Trinajstić information content (AvgIpc) is 2.71. The van der Waals surface area contributed by atoms with Crippen molar-refractivity contribution in [3.63, 3.8) is 0 Å². The van der Waals surface area contributed by atoms with E-state index < -0.39 is 10.0 Å². The minimum atomic E-state index is -3.43. The second-order valence-corrected chi connectivity index (χ2v) is 7.42. The van der Waals surface area contributed by atoms with E-state index in [0.717, 1.165) is 12.0 Å². The van der Waals surface area contributed by atoms with E-state index >= 15 is 0 Å². The van der Waals surface area contributed by atoms with Gasteiger partial charge in [0, 0.05) is 25.7 Å². The smallest absolute Gasteiger partial charge is 0.243 e. The average molecular weight is 312 g/mol. The summed E-state index contributed by atoms with van der Waals surface area (Å²) in [5.41, 5.74) is 1.07. The molecule has 1 aliphatic heterocycles. The standard InChI is InChI=1S/C15H24N2O3S/c1-12-11-17(9-4-10-20-12)21(18,19)15-7-5-14(6-8-15)13(2)16-3/h5-8,12-13,16H,4,9-11H2,1-3H3. The molecular weight excluding hydrogens is 288 g/mol. The van der Waals surface area contributed by atoms with Crippen LogP contribution >= 0.6 is 0 Å². The summed E-state index contributed by atoms with van der Waals surface area (Å²) in [6, 6.07) is 7.31. The number of rotatable bonds is 4. The van der Waals surface area contributed by atoms with Crippen LogP contribution in [-0.4, -0.2) is 45.6 Å². The molecule has 1 aromatic rings. The molecule has 0 spiro atoms. The summed E-state index contributed by atoms with van der Waals surface area (Å²) in [6.07, 6.45) is 0.671. The van der Waals surface area contributed by atoms with Crippen molar-refractivity contribution in [3.8, 4) is 0 Å². The molecule has 1 aromatic carbocycles. The van der Waals surface area contributed by atoms with Crippen LogP contribution in [0.1, 0.15) is 31.9 Å². The Hall–Kier alpha value is -0.950. The van der Waals surface area contributed by atoms with Crippen LogP contribution in [0.5, 0.6) is 0 Å². The van der Waals surface area contributed by atoms with Gasteiger partial charge < -0.3 is 10.1 Å². The van der Waals surface area contributed by atoms with Gasteiger partial charge in [-0.25, -0.2) is 8.42 Å². The lowest BCUT2D eigenvalue weighted by Crippen LogP contribution is -2.35. The highest BCUT2D eigenvalue weighted by Crippen LogP contribution is 2.21. The van der Waals surface area contributed by atoms with E-state index in [9.17, 15) is 8.42 Å². The predicted molar refractivity (Wildman–Crippen MR) is 82.7 cm³/mol. The van der Waals surface area contributed by atoms with Gasteiger partial charge >= 0.3 is 0 Å². The summed E-state index contributed by atoms with van der Waals surface area (Å²) < 4.78 is 32.4. The second kappa shape index (κ2) is 6.87. The maximum Gasteiger partial charge on any atom is 0.243 e. The molecule has 6 heteroatoms. The minimum Gasteiger partial charge on any atom is -0.377 e. The van der Waals surface area contributed by atoms with Crippen LogP contribution in [0.25, 0.3) is 0 Å². The summed E-state index contributed by atoms with van der Waals surface area (Å²) in [6.45, 7) is 5.49. The van der Waals surface area contributed by atoms with Gasteiger partial charge in [0.1, 0.15) is 0 Å². The largest absolute Gasteiger partial charge is 0.377 e. The SMILES string of the molecule is CNC(C)c1ccc(S(=O)(=O)N2CCCOC(C)C2)cc1. The number of sulfonamides is 1. The maximum atomic E-state index is 12.7. The molecule has 0 radical (unpaired) electrons. The highest BCUT2D eigenvalue weighted by Gasteiger charge is 2.27. The van der Waals surface area contributed by atoms with E-state index in [0.29, 0.717) is 24.6 Å². The Balaban J connectivity index is 2.22. The molecule has 118 valence electrons. The molecule has 1 saturated heterocycles. The molecular formula is C15H24N2O3S. The summed E-state index contributed by atoms with van der Waals surface area (Å²) in [7, 11) is -1.55. The molecule has 0 aromatic heterocycles. The Labute approximate surface area is 127 Å². The second-order valence-electron chi connectivity index (χ2n) is 5.48. The molecule has 1 heterocycles. The lowest BCUT2D eigenvalue weighted by Gasteiger charge is -2.22. The molecule has 0 amide bonds. The van der Waals surface area contributed by atoms with Gasteiger partial charge in [-0.2, -0.15) is 4.31 Å². The fourth-order valence-electron chi connectivity index (χ4n) is 2.42. The van der Waals surface area contributed by atoms with E-state index in [1.54, 1.807) is 12.1 Å². The molecule has 2 rings (SSSR count). The third-order valence-corrected chi connectivity index (χ3v) is 5.75. The molecule has 1 N–H and O–H groups in total. The quantitative estimate of drug-likeness (QED) is 0.920. The summed E-state index contributed by atoms with van der Waals surface area (Å²) in [5.74, 6) is 0. The molecule has 0 saturated carbocycles. The summed E-state index contributed by atoms with van der Waals surface area (Å²) in [4.78, 5) is 0.351. The number of hydrogen-bond acceptors (Lipinski definition) is 4. The van der Waals surface area contributed by atoms with Crippen molar-refractivity contribution in [2.75, 3.05) is 26.7 Å². The minimum absolute atomic E-state index is 0.0640. The molecule has 5 nitrogen and oxygen atoms in total. The molecule has 1 fully saturated rings. The Morgan fingerprint density at radius 2 is 2.00 bits per heavy atom. The highest BCUT2D eigenvalue weighted by molar-refractivity contribution is 7.89. The van der Waals surface area contributed by atoms with Gasteiger partial charge in [0.2, 0.25) is 10.0 Å². The number of nitrogens with zero attached hydrogens (tertiary/aromatic N) is 1. The van der Waals surface area contributed by atoms with Crippen LogP contribution in [0.15, 0.2) is 29.2 Å². The number of ether oxygens (including phenoxy) is 1. The first-order valence-electron chi connectivity index (χ1n) is 7.34. The zero-order chi connectivity index (χ0) is 15.5. The fourth-order valence-corrected chi connectivity index (χ4v) is 3.97.